The van der Waals surface area contributed by atoms with Gasteiger partial charge in [0.25, 0.3) is 5.91 Å². The van der Waals surface area contributed by atoms with Gasteiger partial charge in [-0.15, -0.1) is 0 Å². The molecule has 6 heteroatoms. The Morgan fingerprint density at radius 1 is 1.04 bits per heavy atom. The molecule has 5 nitrogen and oxygen atoms in total. The van der Waals surface area contributed by atoms with Crippen molar-refractivity contribution in [3.8, 4) is 11.5 Å². The highest BCUT2D eigenvalue weighted by atomic mass is 19.1. The summed E-state index contributed by atoms with van der Waals surface area (Å²) in [5, 5.41) is 5.89. The molecule has 0 heterocycles. The number of hydrogen-bond donors (Lipinski definition) is 2. The minimum absolute atomic E-state index is 0.205. The summed E-state index contributed by atoms with van der Waals surface area (Å²) in [6.07, 6.45) is 0. The Balaban J connectivity index is 1.78. The maximum absolute atomic E-state index is 13.4. The molecule has 2 N–H and O–H groups in total. The van der Waals surface area contributed by atoms with Crippen LogP contribution in [-0.4, -0.2) is 33.2 Å². The third-order valence-electron chi connectivity index (χ3n) is 3.51. The lowest BCUT2D eigenvalue weighted by Gasteiger charge is -2.10. The van der Waals surface area contributed by atoms with Gasteiger partial charge in [-0.3, -0.25) is 4.79 Å². The molecule has 128 valence electrons. The van der Waals surface area contributed by atoms with Crippen molar-refractivity contribution < 1.29 is 18.7 Å². The van der Waals surface area contributed by atoms with E-state index in [4.69, 9.17) is 9.47 Å². The van der Waals surface area contributed by atoms with Crippen molar-refractivity contribution in [2.24, 2.45) is 0 Å². The molecule has 0 aliphatic rings. The average molecular weight is 332 g/mol. The summed E-state index contributed by atoms with van der Waals surface area (Å²) in [4.78, 5) is 12.1. The van der Waals surface area contributed by atoms with Crippen LogP contribution in [0.2, 0.25) is 0 Å². The van der Waals surface area contributed by atoms with Crippen LogP contribution in [0.1, 0.15) is 15.9 Å². The number of hydrogen-bond acceptors (Lipinski definition) is 4. The molecule has 0 spiro atoms. The Labute approximate surface area is 140 Å². The topological polar surface area (TPSA) is 59.6 Å². The van der Waals surface area contributed by atoms with Crippen LogP contribution < -0.4 is 20.1 Å². The molecule has 0 bridgehead atoms. The van der Waals surface area contributed by atoms with Gasteiger partial charge in [-0.1, -0.05) is 18.2 Å². The lowest BCUT2D eigenvalue weighted by molar-refractivity contribution is 0.0953. The van der Waals surface area contributed by atoms with Crippen LogP contribution in [0.4, 0.5) is 4.39 Å². The van der Waals surface area contributed by atoms with E-state index in [1.165, 1.54) is 13.2 Å². The van der Waals surface area contributed by atoms with E-state index in [0.29, 0.717) is 42.3 Å². The minimum atomic E-state index is -0.237. The Morgan fingerprint density at radius 2 is 1.79 bits per heavy atom. The normalized spacial score (nSPS) is 10.3. The largest absolute Gasteiger partial charge is 0.493 e. The van der Waals surface area contributed by atoms with Crippen LogP contribution in [0.25, 0.3) is 0 Å². The molecule has 0 aromatic heterocycles. The van der Waals surface area contributed by atoms with Crippen LogP contribution in [0.15, 0.2) is 42.5 Å². The van der Waals surface area contributed by atoms with E-state index in [-0.39, 0.29) is 11.7 Å². The molecular weight excluding hydrogens is 311 g/mol. The first-order chi connectivity index (χ1) is 11.7. The summed E-state index contributed by atoms with van der Waals surface area (Å²) in [6.45, 7) is 1.38. The van der Waals surface area contributed by atoms with Crippen LogP contribution in [-0.2, 0) is 6.54 Å². The minimum Gasteiger partial charge on any atom is -0.493 e. The predicted octanol–water partition coefficient (Wildman–Crippen LogP) is 2.36. The zero-order valence-electron chi connectivity index (χ0n) is 13.8. The number of methoxy groups -OCH3 is 2. The number of carbonyl (C=O) groups excluding carboxylic acids is 1. The molecule has 0 saturated carbocycles. The van der Waals surface area contributed by atoms with Crippen molar-refractivity contribution >= 4 is 5.91 Å². The second kappa shape index (κ2) is 8.88. The van der Waals surface area contributed by atoms with Crippen LogP contribution in [0.3, 0.4) is 0 Å². The zero-order chi connectivity index (χ0) is 17.4. The third-order valence-corrected chi connectivity index (χ3v) is 3.51. The van der Waals surface area contributed by atoms with Gasteiger partial charge in [-0.05, 0) is 24.3 Å². The van der Waals surface area contributed by atoms with E-state index in [0.717, 1.165) is 0 Å². The summed E-state index contributed by atoms with van der Waals surface area (Å²) in [5.74, 6) is 0.631. The molecule has 2 aromatic rings. The second-order valence-electron chi connectivity index (χ2n) is 5.09. The summed E-state index contributed by atoms with van der Waals surface area (Å²) < 4.78 is 23.8. The van der Waals surface area contributed by atoms with Gasteiger partial charge >= 0.3 is 0 Å². The van der Waals surface area contributed by atoms with E-state index in [1.807, 2.05) is 0 Å². The molecule has 0 radical (unpaired) electrons. The molecule has 1 amide bonds. The predicted molar refractivity (Wildman–Crippen MR) is 90.0 cm³/mol. The molecule has 0 saturated heterocycles. The maximum Gasteiger partial charge on any atom is 0.251 e. The van der Waals surface area contributed by atoms with Crippen molar-refractivity contribution in [3.05, 3.63) is 59.4 Å². The Hall–Kier alpha value is -2.60. The molecule has 0 unspecified atom stereocenters. The van der Waals surface area contributed by atoms with Gasteiger partial charge in [0.05, 0.1) is 14.2 Å². The second-order valence-corrected chi connectivity index (χ2v) is 5.09. The first-order valence-electron chi connectivity index (χ1n) is 7.60. The monoisotopic (exact) mass is 332 g/mol. The van der Waals surface area contributed by atoms with Gasteiger partial charge in [-0.25, -0.2) is 4.39 Å². The van der Waals surface area contributed by atoms with Crippen LogP contribution >= 0.6 is 0 Å². The molecule has 0 atom stereocenters. The van der Waals surface area contributed by atoms with Gasteiger partial charge < -0.3 is 20.1 Å². The molecule has 24 heavy (non-hydrogen) atoms. The average Bonchev–Trinajstić information content (AvgIpc) is 2.62. The number of ether oxygens (including phenoxy) is 2. The van der Waals surface area contributed by atoms with Crippen LogP contribution in [0.5, 0.6) is 11.5 Å². The highest BCUT2D eigenvalue weighted by Crippen LogP contribution is 2.27. The molecule has 0 fully saturated rings. The van der Waals surface area contributed by atoms with E-state index in [1.54, 1.807) is 43.5 Å². The quantitative estimate of drug-likeness (QED) is 0.729. The molecule has 0 aliphatic heterocycles. The number of nitrogens with one attached hydrogen (secondary N) is 2. The highest BCUT2D eigenvalue weighted by Gasteiger charge is 2.10. The molecule has 2 rings (SSSR count). The molecule has 2 aromatic carbocycles. The smallest absolute Gasteiger partial charge is 0.251 e. The van der Waals surface area contributed by atoms with Gasteiger partial charge in [0.15, 0.2) is 11.5 Å². The van der Waals surface area contributed by atoms with Crippen molar-refractivity contribution in [2.45, 2.75) is 6.54 Å². The Morgan fingerprint density at radius 3 is 2.50 bits per heavy atom. The SMILES string of the molecule is COc1ccc(C(=O)NCCNCc2ccccc2F)cc1OC. The number of halogens is 1. The maximum atomic E-state index is 13.4. The Bertz CT molecular complexity index is 692. The fraction of sp³-hybridized carbons (Fsp3) is 0.278. The fourth-order valence-corrected chi connectivity index (χ4v) is 2.21. The number of amides is 1. The van der Waals surface area contributed by atoms with Gasteiger partial charge in [0.2, 0.25) is 0 Å². The van der Waals surface area contributed by atoms with Gasteiger partial charge in [-0.2, -0.15) is 0 Å². The fourth-order valence-electron chi connectivity index (χ4n) is 2.21. The van der Waals surface area contributed by atoms with Crippen molar-refractivity contribution in [1.29, 1.82) is 0 Å². The number of rotatable bonds is 8. The lowest BCUT2D eigenvalue weighted by atomic mass is 10.2. The summed E-state index contributed by atoms with van der Waals surface area (Å²) >= 11 is 0. The highest BCUT2D eigenvalue weighted by molar-refractivity contribution is 5.94. The number of carbonyl (C=O) groups is 1. The number of benzene rings is 2. The van der Waals surface area contributed by atoms with E-state index in [9.17, 15) is 9.18 Å². The van der Waals surface area contributed by atoms with Crippen LogP contribution in [0, 0.1) is 5.82 Å². The summed E-state index contributed by atoms with van der Waals surface area (Å²) in [5.41, 5.74) is 1.09. The van der Waals surface area contributed by atoms with Gasteiger partial charge in [0, 0.05) is 30.8 Å². The van der Waals surface area contributed by atoms with Crippen molar-refractivity contribution in [2.75, 3.05) is 27.3 Å². The standard InChI is InChI=1S/C18H21FN2O3/c1-23-16-8-7-13(11-17(16)24-2)18(22)21-10-9-20-12-14-5-3-4-6-15(14)19/h3-8,11,20H,9-10,12H2,1-2H3,(H,21,22). The van der Waals surface area contributed by atoms with Gasteiger partial charge in [0.1, 0.15) is 5.82 Å². The van der Waals surface area contributed by atoms with Crippen molar-refractivity contribution in [3.63, 3.8) is 0 Å². The third kappa shape index (κ3) is 4.70. The summed E-state index contributed by atoms with van der Waals surface area (Å²) in [6, 6.07) is 11.6. The molecular formula is C18H21FN2O3. The van der Waals surface area contributed by atoms with E-state index < -0.39 is 0 Å². The first kappa shape index (κ1) is 17.7. The molecule has 0 aliphatic carbocycles. The lowest BCUT2D eigenvalue weighted by Crippen LogP contribution is -2.31. The Kier molecular flexibility index (Phi) is 6.57. The first-order valence-corrected chi connectivity index (χ1v) is 7.60. The zero-order valence-corrected chi connectivity index (χ0v) is 13.8. The van der Waals surface area contributed by atoms with E-state index >= 15 is 0 Å². The van der Waals surface area contributed by atoms with Crippen molar-refractivity contribution in [1.82, 2.24) is 10.6 Å². The van der Waals surface area contributed by atoms with E-state index in [2.05, 4.69) is 10.6 Å². The summed E-state index contributed by atoms with van der Waals surface area (Å²) in [7, 11) is 3.06.